The minimum Gasteiger partial charge on any atom is -0.489 e. The van der Waals surface area contributed by atoms with Gasteiger partial charge >= 0.3 is 0 Å². The highest BCUT2D eigenvalue weighted by Gasteiger charge is 1.97. The zero-order chi connectivity index (χ0) is 20.2. The molecule has 0 heterocycles. The molecular weight excluding hydrogens is 342 g/mol. The van der Waals surface area contributed by atoms with Gasteiger partial charge < -0.3 is 10.5 Å². The van der Waals surface area contributed by atoms with Gasteiger partial charge in [0.15, 0.2) is 0 Å². The summed E-state index contributed by atoms with van der Waals surface area (Å²) in [6, 6.07) is 18.5. The van der Waals surface area contributed by atoms with Gasteiger partial charge in [0, 0.05) is 5.70 Å². The maximum atomic E-state index is 5.92. The number of nitrogens with two attached hydrogens (primary N) is 1. The van der Waals surface area contributed by atoms with Gasteiger partial charge in [0.25, 0.3) is 0 Å². The minimum atomic E-state index is 0.478. The summed E-state index contributed by atoms with van der Waals surface area (Å²) in [5.41, 5.74) is 11.0. The van der Waals surface area contributed by atoms with E-state index in [1.54, 1.807) is 18.2 Å². The molecule has 142 valence electrons. The van der Waals surface area contributed by atoms with Crippen LogP contribution in [0.4, 0.5) is 0 Å². The molecule has 0 aromatic heterocycles. The molecule has 0 spiro atoms. The van der Waals surface area contributed by atoms with Crippen LogP contribution in [0.25, 0.3) is 12.2 Å². The number of benzene rings is 2. The molecule has 0 bridgehead atoms. The van der Waals surface area contributed by atoms with Crippen LogP contribution in [0.5, 0.6) is 0 Å². The molecular formula is C26H27NO. The summed E-state index contributed by atoms with van der Waals surface area (Å²) in [6.07, 6.45) is 13.1. The predicted octanol–water partition coefficient (Wildman–Crippen LogP) is 6.42. The lowest BCUT2D eigenvalue weighted by atomic mass is 10.1. The van der Waals surface area contributed by atoms with E-state index in [1.165, 1.54) is 5.56 Å². The van der Waals surface area contributed by atoms with Crippen LogP contribution in [-0.4, -0.2) is 0 Å². The Morgan fingerprint density at radius 2 is 1.54 bits per heavy atom. The Balaban J connectivity index is 1.96. The monoisotopic (exact) mass is 369 g/mol. The fourth-order valence-electron chi connectivity index (χ4n) is 2.39. The van der Waals surface area contributed by atoms with E-state index in [2.05, 4.69) is 61.7 Å². The number of hydrogen-bond donors (Lipinski definition) is 1. The van der Waals surface area contributed by atoms with Gasteiger partial charge in [0.05, 0.1) is 0 Å². The van der Waals surface area contributed by atoms with E-state index in [4.69, 9.17) is 10.5 Å². The Hall–Kier alpha value is -3.52. The fraction of sp³-hybridized carbons (Fsp3) is 0.0769. The lowest BCUT2D eigenvalue weighted by Crippen LogP contribution is -1.97. The molecule has 0 radical (unpaired) electrons. The van der Waals surface area contributed by atoms with E-state index < -0.39 is 0 Å². The first kappa shape index (κ1) is 20.8. The van der Waals surface area contributed by atoms with Crippen molar-refractivity contribution in [3.05, 3.63) is 132 Å². The predicted molar refractivity (Wildman–Crippen MR) is 121 cm³/mol. The molecule has 0 saturated heterocycles. The Labute approximate surface area is 168 Å². The van der Waals surface area contributed by atoms with Crippen LogP contribution in [0.2, 0.25) is 0 Å². The van der Waals surface area contributed by atoms with Crippen LogP contribution in [0.1, 0.15) is 23.6 Å². The first-order valence-corrected chi connectivity index (χ1v) is 9.17. The van der Waals surface area contributed by atoms with E-state index in [0.29, 0.717) is 18.1 Å². The van der Waals surface area contributed by atoms with Gasteiger partial charge in [-0.25, -0.2) is 0 Å². The van der Waals surface area contributed by atoms with Crippen molar-refractivity contribution < 1.29 is 4.74 Å². The van der Waals surface area contributed by atoms with E-state index in [0.717, 1.165) is 16.7 Å². The zero-order valence-corrected chi connectivity index (χ0v) is 16.3. The standard InChI is InChI=1S/C26H27NO/c1-4-9-26(27)21(3)12-19-25(5-2)28-20-24-17-15-23(16-18-24)14-13-22-10-7-6-8-11-22/h4-19H,1-2,20,27H2,3H3/b14-13+,21-12+,25-19+,26-9-. The minimum absolute atomic E-state index is 0.478. The molecule has 0 atom stereocenters. The molecule has 28 heavy (non-hydrogen) atoms. The quantitative estimate of drug-likeness (QED) is 0.314. The second kappa shape index (κ2) is 11.2. The molecule has 0 fully saturated rings. The van der Waals surface area contributed by atoms with E-state index >= 15 is 0 Å². The van der Waals surface area contributed by atoms with E-state index in [1.807, 2.05) is 37.3 Å². The van der Waals surface area contributed by atoms with Crippen molar-refractivity contribution in [1.29, 1.82) is 0 Å². The molecule has 2 heteroatoms. The lowest BCUT2D eigenvalue weighted by Gasteiger charge is -2.07. The number of allylic oxidation sites excluding steroid dienone is 6. The summed E-state index contributed by atoms with van der Waals surface area (Å²) in [5, 5.41) is 0. The highest BCUT2D eigenvalue weighted by Crippen LogP contribution is 2.13. The van der Waals surface area contributed by atoms with Crippen molar-refractivity contribution in [1.82, 2.24) is 0 Å². The largest absolute Gasteiger partial charge is 0.489 e. The van der Waals surface area contributed by atoms with Gasteiger partial charge in [-0.1, -0.05) is 92.1 Å². The van der Waals surface area contributed by atoms with Crippen molar-refractivity contribution in [3.8, 4) is 0 Å². The fourth-order valence-corrected chi connectivity index (χ4v) is 2.39. The highest BCUT2D eigenvalue weighted by atomic mass is 16.5. The third kappa shape index (κ3) is 7.00. The van der Waals surface area contributed by atoms with Crippen LogP contribution in [0, 0.1) is 0 Å². The second-order valence-corrected chi connectivity index (χ2v) is 6.25. The average molecular weight is 370 g/mol. The molecule has 2 rings (SSSR count). The molecule has 0 amide bonds. The van der Waals surface area contributed by atoms with Crippen LogP contribution < -0.4 is 5.73 Å². The van der Waals surface area contributed by atoms with Crippen molar-refractivity contribution in [3.63, 3.8) is 0 Å². The molecule has 0 saturated carbocycles. The van der Waals surface area contributed by atoms with Crippen LogP contribution in [0.3, 0.4) is 0 Å². The van der Waals surface area contributed by atoms with Gasteiger partial charge in [-0.05, 0) is 47.4 Å². The Morgan fingerprint density at radius 1 is 0.893 bits per heavy atom. The summed E-state index contributed by atoms with van der Waals surface area (Å²) in [7, 11) is 0. The SMILES string of the molecule is C=C/C=C(N)/C(C)=C/C=C(\C=C)OCc1ccc(/C=C/c2ccccc2)cc1. The number of rotatable bonds is 9. The van der Waals surface area contributed by atoms with Crippen molar-refractivity contribution in [2.45, 2.75) is 13.5 Å². The summed E-state index contributed by atoms with van der Waals surface area (Å²) in [5.74, 6) is 0.693. The van der Waals surface area contributed by atoms with Crippen LogP contribution >= 0.6 is 0 Å². The second-order valence-electron chi connectivity index (χ2n) is 6.25. The summed E-state index contributed by atoms with van der Waals surface area (Å²) >= 11 is 0. The molecule has 2 aromatic carbocycles. The van der Waals surface area contributed by atoms with E-state index in [-0.39, 0.29) is 0 Å². The molecule has 2 N–H and O–H groups in total. The number of ether oxygens (including phenoxy) is 1. The molecule has 0 aliphatic carbocycles. The molecule has 2 aromatic rings. The van der Waals surface area contributed by atoms with Gasteiger partial charge in [-0.2, -0.15) is 0 Å². The first-order chi connectivity index (χ1) is 13.6. The third-order valence-electron chi connectivity index (χ3n) is 4.10. The summed E-state index contributed by atoms with van der Waals surface area (Å²) < 4.78 is 5.84. The summed E-state index contributed by atoms with van der Waals surface area (Å²) in [4.78, 5) is 0. The normalized spacial score (nSPS) is 12.8. The van der Waals surface area contributed by atoms with Crippen LogP contribution in [-0.2, 0) is 11.3 Å². The Kier molecular flexibility index (Phi) is 8.35. The average Bonchev–Trinajstić information content (AvgIpc) is 2.74. The van der Waals surface area contributed by atoms with Crippen molar-refractivity contribution in [2.75, 3.05) is 0 Å². The molecule has 0 aliphatic heterocycles. The lowest BCUT2D eigenvalue weighted by molar-refractivity contribution is 0.211. The maximum absolute atomic E-state index is 5.92. The zero-order valence-electron chi connectivity index (χ0n) is 16.3. The third-order valence-corrected chi connectivity index (χ3v) is 4.10. The van der Waals surface area contributed by atoms with Crippen molar-refractivity contribution in [2.24, 2.45) is 5.73 Å². The molecule has 2 nitrogen and oxygen atoms in total. The maximum Gasteiger partial charge on any atom is 0.119 e. The molecule has 0 aliphatic rings. The van der Waals surface area contributed by atoms with Crippen molar-refractivity contribution >= 4 is 12.2 Å². The Bertz CT molecular complexity index is 897. The summed E-state index contributed by atoms with van der Waals surface area (Å²) in [6.45, 7) is 9.87. The Morgan fingerprint density at radius 3 is 2.14 bits per heavy atom. The van der Waals surface area contributed by atoms with Gasteiger partial charge in [0.1, 0.15) is 12.4 Å². The van der Waals surface area contributed by atoms with Crippen LogP contribution in [0.15, 0.2) is 115 Å². The topological polar surface area (TPSA) is 35.2 Å². The molecule has 0 unspecified atom stereocenters. The van der Waals surface area contributed by atoms with Gasteiger partial charge in [-0.3, -0.25) is 0 Å². The van der Waals surface area contributed by atoms with E-state index in [9.17, 15) is 0 Å². The van der Waals surface area contributed by atoms with Gasteiger partial charge in [0.2, 0.25) is 0 Å². The number of hydrogen-bond acceptors (Lipinski definition) is 2. The first-order valence-electron chi connectivity index (χ1n) is 9.17. The smallest absolute Gasteiger partial charge is 0.119 e. The van der Waals surface area contributed by atoms with Gasteiger partial charge in [-0.15, -0.1) is 0 Å². The highest BCUT2D eigenvalue weighted by molar-refractivity contribution is 5.69.